The number of esters is 1. The summed E-state index contributed by atoms with van der Waals surface area (Å²) in [6.45, 7) is 1.34. The van der Waals surface area contributed by atoms with Crippen LogP contribution in [0.2, 0.25) is 5.02 Å². The highest BCUT2D eigenvalue weighted by Gasteiger charge is 2.14. The molecular formula is C11H14ClNO4S. The summed E-state index contributed by atoms with van der Waals surface area (Å²) in [5.41, 5.74) is 5.88. The van der Waals surface area contributed by atoms with Crippen LogP contribution in [0.3, 0.4) is 0 Å². The molecular weight excluding hydrogens is 278 g/mol. The second kappa shape index (κ2) is 6.06. The van der Waals surface area contributed by atoms with E-state index in [2.05, 4.69) is 0 Å². The van der Waals surface area contributed by atoms with Gasteiger partial charge >= 0.3 is 5.97 Å². The van der Waals surface area contributed by atoms with E-state index in [0.29, 0.717) is 0 Å². The molecule has 1 rings (SSSR count). The fourth-order valence-electron chi connectivity index (χ4n) is 1.20. The van der Waals surface area contributed by atoms with Crippen LogP contribution >= 0.6 is 11.6 Å². The molecule has 0 amide bonds. The van der Waals surface area contributed by atoms with E-state index in [0.717, 1.165) is 0 Å². The van der Waals surface area contributed by atoms with E-state index >= 15 is 0 Å². The summed E-state index contributed by atoms with van der Waals surface area (Å²) in [7, 11) is -3.15. The van der Waals surface area contributed by atoms with Crippen LogP contribution in [0.25, 0.3) is 0 Å². The van der Waals surface area contributed by atoms with Crippen LogP contribution in [-0.4, -0.2) is 32.5 Å². The summed E-state index contributed by atoms with van der Waals surface area (Å²) in [4.78, 5) is 11.6. The number of anilines is 1. The number of benzene rings is 1. The number of sulfone groups is 1. The van der Waals surface area contributed by atoms with Crippen LogP contribution < -0.4 is 5.73 Å². The van der Waals surface area contributed by atoms with Crippen LogP contribution in [0.1, 0.15) is 17.3 Å². The van der Waals surface area contributed by atoms with Crippen LogP contribution in [0, 0.1) is 0 Å². The smallest absolute Gasteiger partial charge is 0.340 e. The summed E-state index contributed by atoms with van der Waals surface area (Å²) in [5.74, 6) is -0.860. The third-order valence-electron chi connectivity index (χ3n) is 2.34. The van der Waals surface area contributed by atoms with Gasteiger partial charge < -0.3 is 10.5 Å². The highest BCUT2D eigenvalue weighted by molar-refractivity contribution is 7.91. The first-order valence-corrected chi connectivity index (χ1v) is 7.49. The molecule has 0 spiro atoms. The minimum atomic E-state index is -3.15. The normalized spacial score (nSPS) is 11.2. The van der Waals surface area contributed by atoms with Crippen molar-refractivity contribution < 1.29 is 17.9 Å². The lowest BCUT2D eigenvalue weighted by Gasteiger charge is -2.07. The Bertz CT molecular complexity index is 542. The van der Waals surface area contributed by atoms with Crippen molar-refractivity contribution in [1.82, 2.24) is 0 Å². The maximum Gasteiger partial charge on any atom is 0.340 e. The van der Waals surface area contributed by atoms with Gasteiger partial charge in [0.1, 0.15) is 6.61 Å². The Morgan fingerprint density at radius 2 is 2.11 bits per heavy atom. The Morgan fingerprint density at radius 3 is 2.72 bits per heavy atom. The molecule has 0 aromatic heterocycles. The number of hydrogen-bond donors (Lipinski definition) is 1. The van der Waals surface area contributed by atoms with Gasteiger partial charge in [0.05, 0.1) is 22.0 Å². The number of rotatable bonds is 5. The summed E-state index contributed by atoms with van der Waals surface area (Å²) >= 11 is 5.76. The Labute approximate surface area is 111 Å². The monoisotopic (exact) mass is 291 g/mol. The van der Waals surface area contributed by atoms with E-state index < -0.39 is 15.8 Å². The van der Waals surface area contributed by atoms with Crippen LogP contribution in [0.15, 0.2) is 18.2 Å². The minimum Gasteiger partial charge on any atom is -0.461 e. The summed E-state index contributed by atoms with van der Waals surface area (Å²) < 4.78 is 27.2. The molecule has 1 aromatic rings. The van der Waals surface area contributed by atoms with Gasteiger partial charge in [-0.15, -0.1) is 0 Å². The van der Waals surface area contributed by atoms with Gasteiger partial charge in [-0.25, -0.2) is 13.2 Å². The summed E-state index contributed by atoms with van der Waals surface area (Å²) in [6.07, 6.45) is 0. The molecule has 0 bridgehead atoms. The average molecular weight is 292 g/mol. The van der Waals surface area contributed by atoms with Crippen molar-refractivity contribution in [2.24, 2.45) is 0 Å². The predicted octanol–water partition coefficient (Wildman–Crippen LogP) is 1.51. The van der Waals surface area contributed by atoms with Gasteiger partial charge in [0.25, 0.3) is 0 Å². The van der Waals surface area contributed by atoms with Crippen molar-refractivity contribution in [2.75, 3.05) is 23.8 Å². The van der Waals surface area contributed by atoms with E-state index in [9.17, 15) is 13.2 Å². The number of nitrogen functional groups attached to an aromatic ring is 1. The first-order valence-electron chi connectivity index (χ1n) is 5.29. The molecule has 2 N–H and O–H groups in total. The predicted molar refractivity (Wildman–Crippen MR) is 70.5 cm³/mol. The van der Waals surface area contributed by atoms with Crippen molar-refractivity contribution in [3.63, 3.8) is 0 Å². The molecule has 1 aromatic carbocycles. The second-order valence-electron chi connectivity index (χ2n) is 3.57. The zero-order valence-electron chi connectivity index (χ0n) is 9.85. The van der Waals surface area contributed by atoms with Gasteiger partial charge in [-0.05, 0) is 12.1 Å². The SMILES string of the molecule is CCS(=O)(=O)CCOC(=O)c1cccc(Cl)c1N. The Kier molecular flexibility index (Phi) is 4.98. The van der Waals surface area contributed by atoms with Crippen molar-refractivity contribution >= 4 is 33.1 Å². The number of carbonyl (C=O) groups excluding carboxylic acids is 1. The lowest BCUT2D eigenvalue weighted by atomic mass is 10.2. The van der Waals surface area contributed by atoms with Crippen LogP contribution in [0.5, 0.6) is 0 Å². The Morgan fingerprint density at radius 1 is 1.44 bits per heavy atom. The molecule has 5 nitrogen and oxygen atoms in total. The maximum absolute atomic E-state index is 11.6. The zero-order chi connectivity index (χ0) is 13.8. The van der Waals surface area contributed by atoms with Gasteiger partial charge in [-0.1, -0.05) is 24.6 Å². The third kappa shape index (κ3) is 3.89. The van der Waals surface area contributed by atoms with Crippen LogP contribution in [0.4, 0.5) is 5.69 Å². The minimum absolute atomic E-state index is 0.0177. The topological polar surface area (TPSA) is 86.5 Å². The number of nitrogens with two attached hydrogens (primary N) is 1. The molecule has 0 atom stereocenters. The van der Waals surface area contributed by atoms with E-state index in [1.807, 2.05) is 0 Å². The number of para-hydroxylation sites is 1. The maximum atomic E-state index is 11.6. The molecule has 7 heteroatoms. The van der Waals surface area contributed by atoms with E-state index in [4.69, 9.17) is 22.1 Å². The highest BCUT2D eigenvalue weighted by Crippen LogP contribution is 2.22. The lowest BCUT2D eigenvalue weighted by molar-refractivity contribution is 0.0530. The molecule has 0 heterocycles. The Hall–Kier alpha value is -1.27. The van der Waals surface area contributed by atoms with Crippen molar-refractivity contribution in [1.29, 1.82) is 0 Å². The molecule has 0 saturated carbocycles. The molecule has 0 unspecified atom stereocenters. The van der Waals surface area contributed by atoms with Crippen molar-refractivity contribution in [2.45, 2.75) is 6.92 Å². The molecule has 0 radical (unpaired) electrons. The molecule has 0 fully saturated rings. The van der Waals surface area contributed by atoms with E-state index in [-0.39, 0.29) is 34.4 Å². The zero-order valence-corrected chi connectivity index (χ0v) is 11.4. The first-order chi connectivity index (χ1) is 8.37. The number of ether oxygens (including phenoxy) is 1. The second-order valence-corrected chi connectivity index (χ2v) is 6.45. The highest BCUT2D eigenvalue weighted by atomic mass is 35.5. The van der Waals surface area contributed by atoms with Gasteiger partial charge in [0, 0.05) is 5.75 Å². The molecule has 0 aliphatic carbocycles. The van der Waals surface area contributed by atoms with Crippen LogP contribution in [-0.2, 0) is 14.6 Å². The van der Waals surface area contributed by atoms with E-state index in [1.165, 1.54) is 13.0 Å². The summed E-state index contributed by atoms with van der Waals surface area (Å²) in [5, 5.41) is 0.255. The van der Waals surface area contributed by atoms with Gasteiger partial charge in [-0.3, -0.25) is 0 Å². The average Bonchev–Trinajstić information content (AvgIpc) is 2.32. The lowest BCUT2D eigenvalue weighted by Crippen LogP contribution is -2.17. The molecule has 0 aliphatic heterocycles. The molecule has 0 aliphatic rings. The Balaban J connectivity index is 2.64. The van der Waals surface area contributed by atoms with Crippen molar-refractivity contribution in [3.05, 3.63) is 28.8 Å². The summed E-state index contributed by atoms with van der Waals surface area (Å²) in [6, 6.07) is 4.59. The quantitative estimate of drug-likeness (QED) is 0.656. The van der Waals surface area contributed by atoms with Crippen molar-refractivity contribution in [3.8, 4) is 0 Å². The molecule has 18 heavy (non-hydrogen) atoms. The fourth-order valence-corrected chi connectivity index (χ4v) is 2.00. The first kappa shape index (κ1) is 14.8. The third-order valence-corrected chi connectivity index (χ3v) is 4.34. The molecule has 0 saturated heterocycles. The van der Waals surface area contributed by atoms with Gasteiger partial charge in [0.15, 0.2) is 9.84 Å². The van der Waals surface area contributed by atoms with Gasteiger partial charge in [-0.2, -0.15) is 0 Å². The number of carbonyl (C=O) groups is 1. The molecule has 100 valence electrons. The fraction of sp³-hybridized carbons (Fsp3) is 0.364. The standard InChI is InChI=1S/C11H14ClNO4S/c1-2-18(15,16)7-6-17-11(14)8-4-3-5-9(12)10(8)13/h3-5H,2,6-7,13H2,1H3. The van der Waals surface area contributed by atoms with Gasteiger partial charge in [0.2, 0.25) is 0 Å². The number of halogens is 1. The number of hydrogen-bond acceptors (Lipinski definition) is 5. The van der Waals surface area contributed by atoms with E-state index in [1.54, 1.807) is 12.1 Å². The largest absolute Gasteiger partial charge is 0.461 e.